The molecule has 0 N–H and O–H groups in total. The second kappa shape index (κ2) is 5.06. The molecule has 0 aliphatic rings. The van der Waals surface area contributed by atoms with Crippen molar-refractivity contribution < 1.29 is 4.74 Å². The molecule has 0 fully saturated rings. The number of para-hydroxylation sites is 1. The van der Waals surface area contributed by atoms with E-state index in [0.29, 0.717) is 6.42 Å². The highest BCUT2D eigenvalue weighted by atomic mass is 16.5. The van der Waals surface area contributed by atoms with Gasteiger partial charge in [-0.25, -0.2) is 4.68 Å². The number of ether oxygens (including phenoxy) is 1. The number of benzene rings is 2. The van der Waals surface area contributed by atoms with Crippen molar-refractivity contribution in [3.8, 4) is 17.5 Å². The quantitative estimate of drug-likeness (QED) is 0.729. The van der Waals surface area contributed by atoms with Crippen molar-refractivity contribution in [2.24, 2.45) is 0 Å². The monoisotopic (exact) mass is 263 g/mol. The van der Waals surface area contributed by atoms with Gasteiger partial charge in [-0.05, 0) is 24.3 Å². The van der Waals surface area contributed by atoms with E-state index in [0.717, 1.165) is 28.0 Å². The topological polar surface area (TPSA) is 50.8 Å². The average Bonchev–Trinajstić information content (AvgIpc) is 2.86. The van der Waals surface area contributed by atoms with Crippen LogP contribution in [0.25, 0.3) is 16.6 Å². The summed E-state index contributed by atoms with van der Waals surface area (Å²) >= 11 is 0. The van der Waals surface area contributed by atoms with Gasteiger partial charge in [-0.3, -0.25) is 0 Å². The maximum absolute atomic E-state index is 9.05. The van der Waals surface area contributed by atoms with Crippen LogP contribution in [0.5, 0.6) is 5.75 Å². The van der Waals surface area contributed by atoms with E-state index in [9.17, 15) is 0 Å². The number of fused-ring (bicyclic) bond motifs is 1. The third-order valence-electron chi connectivity index (χ3n) is 3.23. The molecule has 0 aliphatic carbocycles. The van der Waals surface area contributed by atoms with Crippen molar-refractivity contribution in [3.63, 3.8) is 0 Å². The predicted octanol–water partition coefficient (Wildman–Crippen LogP) is 3.10. The number of hydrogen-bond donors (Lipinski definition) is 0. The lowest BCUT2D eigenvalue weighted by Gasteiger charge is -2.04. The predicted molar refractivity (Wildman–Crippen MR) is 76.9 cm³/mol. The Balaban J connectivity index is 2.26. The molecule has 20 heavy (non-hydrogen) atoms. The molecule has 0 saturated carbocycles. The molecule has 3 aromatic rings. The molecular formula is C16H13N3O. The Kier molecular flexibility index (Phi) is 3.10. The summed E-state index contributed by atoms with van der Waals surface area (Å²) in [5, 5.41) is 14.6. The maximum Gasteiger partial charge on any atom is 0.121 e. The van der Waals surface area contributed by atoms with E-state index in [-0.39, 0.29) is 0 Å². The van der Waals surface area contributed by atoms with Crippen molar-refractivity contribution in [2.45, 2.75) is 6.42 Å². The Labute approximate surface area is 116 Å². The van der Waals surface area contributed by atoms with E-state index in [1.807, 2.05) is 53.2 Å². The molecule has 4 heteroatoms. The van der Waals surface area contributed by atoms with Crippen LogP contribution in [0.4, 0.5) is 0 Å². The summed E-state index contributed by atoms with van der Waals surface area (Å²) < 4.78 is 7.05. The van der Waals surface area contributed by atoms with Gasteiger partial charge in [-0.1, -0.05) is 18.2 Å². The first-order valence-corrected chi connectivity index (χ1v) is 6.31. The molecule has 98 valence electrons. The summed E-state index contributed by atoms with van der Waals surface area (Å²) in [6.07, 6.45) is 0.317. The fraction of sp³-hybridized carbons (Fsp3) is 0.125. The summed E-state index contributed by atoms with van der Waals surface area (Å²) in [4.78, 5) is 0. The lowest BCUT2D eigenvalue weighted by atomic mass is 10.1. The van der Waals surface area contributed by atoms with Gasteiger partial charge in [0.15, 0.2) is 0 Å². The molecule has 0 bridgehead atoms. The molecule has 4 nitrogen and oxygen atoms in total. The van der Waals surface area contributed by atoms with Gasteiger partial charge in [-0.2, -0.15) is 10.4 Å². The van der Waals surface area contributed by atoms with Crippen molar-refractivity contribution >= 4 is 10.9 Å². The van der Waals surface area contributed by atoms with Crippen molar-refractivity contribution in [1.29, 1.82) is 5.26 Å². The Bertz CT molecular complexity index is 785. The molecule has 0 aliphatic heterocycles. The SMILES string of the molecule is COc1ccc2c(CC#N)n(-c3ccccc3)nc2c1. The molecule has 0 atom stereocenters. The van der Waals surface area contributed by atoms with E-state index in [1.165, 1.54) is 0 Å². The average molecular weight is 263 g/mol. The normalized spacial score (nSPS) is 10.4. The van der Waals surface area contributed by atoms with Crippen LogP contribution in [0.1, 0.15) is 5.69 Å². The standard InChI is InChI=1S/C16H13N3O/c1-20-13-7-8-14-15(11-13)18-19(16(14)9-10-17)12-5-3-2-4-6-12/h2-8,11H,9H2,1H3. The Morgan fingerprint density at radius 3 is 2.70 bits per heavy atom. The van der Waals surface area contributed by atoms with Crippen LogP contribution in [-0.2, 0) is 6.42 Å². The zero-order valence-electron chi connectivity index (χ0n) is 11.1. The van der Waals surface area contributed by atoms with Gasteiger partial charge in [0.25, 0.3) is 0 Å². The molecular weight excluding hydrogens is 250 g/mol. The van der Waals surface area contributed by atoms with Gasteiger partial charge in [0.05, 0.1) is 36.5 Å². The van der Waals surface area contributed by atoms with Crippen LogP contribution in [0, 0.1) is 11.3 Å². The number of nitrogens with zero attached hydrogens (tertiary/aromatic N) is 3. The van der Waals surface area contributed by atoms with Crippen LogP contribution in [0.15, 0.2) is 48.5 Å². The molecule has 0 saturated heterocycles. The smallest absolute Gasteiger partial charge is 0.121 e. The third-order valence-corrected chi connectivity index (χ3v) is 3.23. The van der Waals surface area contributed by atoms with Gasteiger partial charge in [0.1, 0.15) is 5.75 Å². The van der Waals surface area contributed by atoms with Gasteiger partial charge < -0.3 is 4.74 Å². The summed E-state index contributed by atoms with van der Waals surface area (Å²) in [5.41, 5.74) is 2.68. The zero-order valence-corrected chi connectivity index (χ0v) is 11.1. The van der Waals surface area contributed by atoms with E-state index >= 15 is 0 Å². The minimum absolute atomic E-state index is 0.317. The number of nitriles is 1. The molecule has 0 spiro atoms. The minimum atomic E-state index is 0.317. The fourth-order valence-electron chi connectivity index (χ4n) is 2.28. The molecule has 0 amide bonds. The second-order valence-corrected chi connectivity index (χ2v) is 4.41. The van der Waals surface area contributed by atoms with Gasteiger partial charge in [0, 0.05) is 11.5 Å². The van der Waals surface area contributed by atoms with E-state index < -0.39 is 0 Å². The van der Waals surface area contributed by atoms with E-state index in [1.54, 1.807) is 7.11 Å². The van der Waals surface area contributed by atoms with Crippen molar-refractivity contribution in [3.05, 3.63) is 54.2 Å². The van der Waals surface area contributed by atoms with Gasteiger partial charge in [-0.15, -0.1) is 0 Å². The lowest BCUT2D eigenvalue weighted by Crippen LogP contribution is -2.01. The van der Waals surface area contributed by atoms with Crippen LogP contribution in [0.3, 0.4) is 0 Å². The largest absolute Gasteiger partial charge is 0.497 e. The summed E-state index contributed by atoms with van der Waals surface area (Å²) in [6.45, 7) is 0. The van der Waals surface area contributed by atoms with Crippen LogP contribution in [0.2, 0.25) is 0 Å². The summed E-state index contributed by atoms with van der Waals surface area (Å²) in [6, 6.07) is 17.8. The number of hydrogen-bond acceptors (Lipinski definition) is 3. The van der Waals surface area contributed by atoms with Gasteiger partial charge in [0.2, 0.25) is 0 Å². The highest BCUT2D eigenvalue weighted by Crippen LogP contribution is 2.25. The van der Waals surface area contributed by atoms with Crippen LogP contribution >= 0.6 is 0 Å². The highest BCUT2D eigenvalue weighted by molar-refractivity contribution is 5.84. The van der Waals surface area contributed by atoms with Crippen LogP contribution < -0.4 is 4.74 Å². The second-order valence-electron chi connectivity index (χ2n) is 4.41. The fourth-order valence-corrected chi connectivity index (χ4v) is 2.28. The molecule has 0 unspecified atom stereocenters. The number of aromatic nitrogens is 2. The molecule has 3 rings (SSSR count). The minimum Gasteiger partial charge on any atom is -0.497 e. The Morgan fingerprint density at radius 2 is 2.00 bits per heavy atom. The summed E-state index contributed by atoms with van der Waals surface area (Å²) in [5.74, 6) is 0.763. The molecule has 2 aromatic carbocycles. The lowest BCUT2D eigenvalue weighted by molar-refractivity contribution is 0.415. The van der Waals surface area contributed by atoms with E-state index in [4.69, 9.17) is 10.00 Å². The van der Waals surface area contributed by atoms with Crippen LogP contribution in [-0.4, -0.2) is 16.9 Å². The first-order chi connectivity index (χ1) is 9.83. The maximum atomic E-state index is 9.05. The molecule has 0 radical (unpaired) electrons. The number of rotatable bonds is 3. The van der Waals surface area contributed by atoms with E-state index in [2.05, 4.69) is 11.2 Å². The molecule has 1 aromatic heterocycles. The zero-order chi connectivity index (χ0) is 13.9. The van der Waals surface area contributed by atoms with Crippen molar-refractivity contribution in [2.75, 3.05) is 7.11 Å². The number of methoxy groups -OCH3 is 1. The first kappa shape index (κ1) is 12.2. The molecule has 1 heterocycles. The van der Waals surface area contributed by atoms with Crippen molar-refractivity contribution in [1.82, 2.24) is 9.78 Å². The Morgan fingerprint density at radius 1 is 1.20 bits per heavy atom. The highest BCUT2D eigenvalue weighted by Gasteiger charge is 2.12. The third kappa shape index (κ3) is 1.99. The first-order valence-electron chi connectivity index (χ1n) is 6.31. The summed E-state index contributed by atoms with van der Waals surface area (Å²) in [7, 11) is 1.63. The Hall–Kier alpha value is -2.80. The van der Waals surface area contributed by atoms with Gasteiger partial charge >= 0.3 is 0 Å².